The highest BCUT2D eigenvalue weighted by Gasteiger charge is 2.27. The molecule has 190 valence electrons. The monoisotopic (exact) mass is 522 g/mol. The first-order valence-corrected chi connectivity index (χ1v) is 13.5. The minimum Gasteiger partial charge on any atom is -0.339 e. The molecule has 3 aromatic carbocycles. The van der Waals surface area contributed by atoms with Crippen molar-refractivity contribution in [3.63, 3.8) is 0 Å². The SMILES string of the molecule is NC(N)=[N+]1CCC[C@H]1Cc1nc(-c2ccc(Nc3nc(-c4ccc(-c5ccccc5)cc4)cs3)cc2)no1. The van der Waals surface area contributed by atoms with Gasteiger partial charge in [0.1, 0.15) is 0 Å². The molecule has 8 nitrogen and oxygen atoms in total. The van der Waals surface area contributed by atoms with Crippen LogP contribution in [0.25, 0.3) is 33.8 Å². The normalized spacial score (nSPS) is 15.1. The summed E-state index contributed by atoms with van der Waals surface area (Å²) in [6.45, 7) is 0.865. The maximum Gasteiger partial charge on any atom is 0.341 e. The Kier molecular flexibility index (Phi) is 6.58. The van der Waals surface area contributed by atoms with Crippen LogP contribution < -0.4 is 16.8 Å². The van der Waals surface area contributed by atoms with Gasteiger partial charge < -0.3 is 9.84 Å². The zero-order valence-electron chi connectivity index (χ0n) is 20.7. The van der Waals surface area contributed by atoms with Crippen molar-refractivity contribution in [2.45, 2.75) is 25.3 Å². The van der Waals surface area contributed by atoms with Gasteiger partial charge in [0.05, 0.1) is 24.7 Å². The van der Waals surface area contributed by atoms with E-state index in [-0.39, 0.29) is 6.04 Å². The maximum absolute atomic E-state index is 5.81. The Morgan fingerprint density at radius 2 is 1.61 bits per heavy atom. The molecule has 1 fully saturated rings. The van der Waals surface area contributed by atoms with Crippen LogP contribution in [0.15, 0.2) is 88.8 Å². The van der Waals surface area contributed by atoms with E-state index in [0.29, 0.717) is 24.1 Å². The molecule has 0 aliphatic carbocycles. The fourth-order valence-electron chi connectivity index (χ4n) is 4.80. The van der Waals surface area contributed by atoms with Crippen LogP contribution in [0, 0.1) is 0 Å². The van der Waals surface area contributed by atoms with Gasteiger partial charge in [-0.3, -0.25) is 16.0 Å². The standard InChI is InChI=1S/C29H27N7OS/c30-28(31)36-16-4-7-24(36)17-26-34-27(35-37-26)22-12-14-23(15-13-22)32-29-33-25(18-38-29)21-10-8-20(9-11-21)19-5-2-1-3-6-19/h1-3,5-6,8-15,18,24H,4,7,16-17H2,(H4,30,31,32,33,35)/p+1/t24-/m0/s1. The van der Waals surface area contributed by atoms with E-state index >= 15 is 0 Å². The summed E-state index contributed by atoms with van der Waals surface area (Å²) in [5, 5.41) is 10.5. The number of hydrogen-bond donors (Lipinski definition) is 3. The topological polar surface area (TPSA) is 119 Å². The largest absolute Gasteiger partial charge is 0.341 e. The van der Waals surface area contributed by atoms with E-state index in [1.54, 1.807) is 11.3 Å². The first-order valence-electron chi connectivity index (χ1n) is 12.6. The van der Waals surface area contributed by atoms with E-state index < -0.39 is 0 Å². The molecule has 0 amide bonds. The maximum atomic E-state index is 5.81. The van der Waals surface area contributed by atoms with Crippen molar-refractivity contribution in [3.05, 3.63) is 90.1 Å². The van der Waals surface area contributed by atoms with E-state index in [1.165, 1.54) is 11.1 Å². The number of guanidine groups is 1. The summed E-state index contributed by atoms with van der Waals surface area (Å²) in [7, 11) is 0. The molecule has 1 atom stereocenters. The number of nitrogens with two attached hydrogens (primary N) is 2. The molecule has 3 heterocycles. The Morgan fingerprint density at radius 3 is 2.37 bits per heavy atom. The third-order valence-corrected chi connectivity index (χ3v) is 7.53. The molecule has 0 spiro atoms. The van der Waals surface area contributed by atoms with E-state index in [4.69, 9.17) is 21.0 Å². The molecule has 5 aromatic rings. The summed E-state index contributed by atoms with van der Waals surface area (Å²) >= 11 is 1.58. The van der Waals surface area contributed by atoms with Crippen molar-refractivity contribution in [1.82, 2.24) is 15.1 Å². The number of anilines is 2. The molecule has 9 heteroatoms. The highest BCUT2D eigenvalue weighted by Crippen LogP contribution is 2.30. The number of nitrogens with zero attached hydrogens (tertiary/aromatic N) is 4. The van der Waals surface area contributed by atoms with Crippen molar-refractivity contribution < 1.29 is 9.10 Å². The van der Waals surface area contributed by atoms with E-state index in [0.717, 1.165) is 47.0 Å². The minimum atomic E-state index is 0.199. The third-order valence-electron chi connectivity index (χ3n) is 6.77. The molecular weight excluding hydrogens is 494 g/mol. The number of thiazole rings is 1. The minimum absolute atomic E-state index is 0.199. The lowest BCUT2D eigenvalue weighted by molar-refractivity contribution is -0.545. The van der Waals surface area contributed by atoms with Gasteiger partial charge in [-0.05, 0) is 48.2 Å². The number of hydrogen-bond acceptors (Lipinski definition) is 6. The van der Waals surface area contributed by atoms with Gasteiger partial charge in [0.25, 0.3) is 0 Å². The average molecular weight is 523 g/mol. The van der Waals surface area contributed by atoms with E-state index in [2.05, 4.69) is 69.4 Å². The van der Waals surface area contributed by atoms with Gasteiger partial charge in [-0.1, -0.05) is 59.8 Å². The number of nitrogens with one attached hydrogen (secondary N) is 1. The van der Waals surface area contributed by atoms with Crippen LogP contribution in [0.2, 0.25) is 0 Å². The van der Waals surface area contributed by atoms with Crippen LogP contribution >= 0.6 is 11.3 Å². The Bertz CT molecular complexity index is 1550. The summed E-state index contributed by atoms with van der Waals surface area (Å²) in [4.78, 5) is 9.36. The lowest BCUT2D eigenvalue weighted by Gasteiger charge is -2.09. The van der Waals surface area contributed by atoms with Crippen molar-refractivity contribution in [2.24, 2.45) is 11.5 Å². The molecule has 0 unspecified atom stereocenters. The second-order valence-corrected chi connectivity index (χ2v) is 10.2. The first kappa shape index (κ1) is 23.9. The molecule has 0 bridgehead atoms. The van der Waals surface area contributed by atoms with Crippen molar-refractivity contribution >= 4 is 28.1 Å². The van der Waals surface area contributed by atoms with Crippen LogP contribution in [0.1, 0.15) is 18.7 Å². The molecule has 6 rings (SSSR count). The Labute approximate surface area is 224 Å². The molecule has 38 heavy (non-hydrogen) atoms. The van der Waals surface area contributed by atoms with Gasteiger partial charge in [-0.15, -0.1) is 11.3 Å². The van der Waals surface area contributed by atoms with Gasteiger partial charge in [-0.2, -0.15) is 4.98 Å². The van der Waals surface area contributed by atoms with Crippen LogP contribution in [0.3, 0.4) is 0 Å². The second-order valence-electron chi connectivity index (χ2n) is 9.31. The smallest absolute Gasteiger partial charge is 0.339 e. The number of aromatic nitrogens is 3. The molecule has 1 saturated heterocycles. The van der Waals surface area contributed by atoms with Crippen LogP contribution in [-0.4, -0.2) is 38.2 Å². The van der Waals surface area contributed by atoms with Gasteiger partial charge >= 0.3 is 5.96 Å². The van der Waals surface area contributed by atoms with Crippen LogP contribution in [-0.2, 0) is 6.42 Å². The summed E-state index contributed by atoms with van der Waals surface area (Å²) in [5.74, 6) is 1.51. The van der Waals surface area contributed by atoms with Gasteiger partial charge in [0.2, 0.25) is 11.7 Å². The number of rotatable bonds is 7. The van der Waals surface area contributed by atoms with E-state index in [1.807, 2.05) is 34.9 Å². The summed E-state index contributed by atoms with van der Waals surface area (Å²) in [6, 6.07) is 27.0. The molecule has 1 aliphatic rings. The van der Waals surface area contributed by atoms with Gasteiger partial charge in [0, 0.05) is 22.2 Å². The molecule has 2 aromatic heterocycles. The molecule has 1 aliphatic heterocycles. The quantitative estimate of drug-likeness (QED) is 0.197. The zero-order valence-corrected chi connectivity index (χ0v) is 21.6. The lowest BCUT2D eigenvalue weighted by atomic mass is 10.0. The third kappa shape index (κ3) is 5.14. The predicted molar refractivity (Wildman–Crippen MR) is 151 cm³/mol. The summed E-state index contributed by atoms with van der Waals surface area (Å²) in [6.07, 6.45) is 2.69. The van der Waals surface area contributed by atoms with E-state index in [9.17, 15) is 0 Å². The summed E-state index contributed by atoms with van der Waals surface area (Å²) in [5.41, 5.74) is 17.9. The predicted octanol–water partition coefficient (Wildman–Crippen LogP) is 5.26. The average Bonchev–Trinajstić information content (AvgIpc) is 3.72. The van der Waals surface area contributed by atoms with Crippen LogP contribution in [0.4, 0.5) is 10.8 Å². The van der Waals surface area contributed by atoms with Gasteiger partial charge in [-0.25, -0.2) is 4.98 Å². The van der Waals surface area contributed by atoms with Gasteiger partial charge in [0.15, 0.2) is 5.13 Å². The zero-order chi connectivity index (χ0) is 25.9. The highest BCUT2D eigenvalue weighted by atomic mass is 32.1. The van der Waals surface area contributed by atoms with Crippen molar-refractivity contribution in [1.29, 1.82) is 0 Å². The fourth-order valence-corrected chi connectivity index (χ4v) is 5.54. The Hall–Kier alpha value is -4.50. The first-order chi connectivity index (χ1) is 18.6. The Balaban J connectivity index is 1.10. The van der Waals surface area contributed by atoms with Crippen molar-refractivity contribution in [2.75, 3.05) is 11.9 Å². The Morgan fingerprint density at radius 1 is 0.895 bits per heavy atom. The molecule has 0 saturated carbocycles. The van der Waals surface area contributed by atoms with Crippen LogP contribution in [0.5, 0.6) is 0 Å². The van der Waals surface area contributed by atoms with Crippen molar-refractivity contribution in [3.8, 4) is 33.8 Å². The summed E-state index contributed by atoms with van der Waals surface area (Å²) < 4.78 is 7.52. The molecule has 0 radical (unpaired) electrons. The molecular formula is C29H28N7OS+. The highest BCUT2D eigenvalue weighted by molar-refractivity contribution is 7.14. The molecule has 5 N–H and O–H groups in total. The lowest BCUT2D eigenvalue weighted by Crippen LogP contribution is -2.39. The fraction of sp³-hybridized carbons (Fsp3) is 0.172. The second kappa shape index (κ2) is 10.5. The number of benzene rings is 3.